The Kier molecular flexibility index (Phi) is 2.28. The maximum atomic E-state index is 10.6. The number of amides is 1. The molecule has 1 saturated carbocycles. The van der Waals surface area contributed by atoms with E-state index in [9.17, 15) is 4.79 Å². The van der Waals surface area contributed by atoms with Crippen LogP contribution in [0.2, 0.25) is 0 Å². The van der Waals surface area contributed by atoms with Gasteiger partial charge in [0.2, 0.25) is 5.91 Å². The van der Waals surface area contributed by atoms with Crippen molar-refractivity contribution in [1.29, 1.82) is 0 Å². The molecular weight excluding hydrogens is 206 g/mol. The SMILES string of the molecule is CC1(C)[C@H](CBr)[C@@H]1CC(N)=O. The van der Waals surface area contributed by atoms with Gasteiger partial charge in [-0.3, -0.25) is 4.79 Å². The number of carbonyl (C=O) groups excluding carboxylic acids is 1. The summed E-state index contributed by atoms with van der Waals surface area (Å²) in [6, 6.07) is 0. The molecule has 2 N–H and O–H groups in total. The molecule has 1 amide bonds. The quantitative estimate of drug-likeness (QED) is 0.720. The van der Waals surface area contributed by atoms with E-state index in [1.54, 1.807) is 0 Å². The van der Waals surface area contributed by atoms with E-state index in [2.05, 4.69) is 29.8 Å². The van der Waals surface area contributed by atoms with Crippen LogP contribution in [0.15, 0.2) is 0 Å². The van der Waals surface area contributed by atoms with Gasteiger partial charge in [0.25, 0.3) is 0 Å². The third kappa shape index (κ3) is 1.58. The van der Waals surface area contributed by atoms with Crippen LogP contribution < -0.4 is 5.73 Å². The van der Waals surface area contributed by atoms with Gasteiger partial charge in [0, 0.05) is 11.8 Å². The Morgan fingerprint density at radius 1 is 1.55 bits per heavy atom. The van der Waals surface area contributed by atoms with Gasteiger partial charge >= 0.3 is 0 Å². The zero-order valence-electron chi connectivity index (χ0n) is 6.93. The lowest BCUT2D eigenvalue weighted by Crippen LogP contribution is -2.12. The number of hydrogen-bond donors (Lipinski definition) is 1. The molecule has 64 valence electrons. The third-order valence-electron chi connectivity index (χ3n) is 2.88. The number of nitrogens with two attached hydrogens (primary N) is 1. The summed E-state index contributed by atoms with van der Waals surface area (Å²) in [5.41, 5.74) is 5.44. The molecule has 0 saturated heterocycles. The van der Waals surface area contributed by atoms with Crippen LogP contribution in [0.1, 0.15) is 20.3 Å². The van der Waals surface area contributed by atoms with Gasteiger partial charge in [-0.05, 0) is 17.3 Å². The first-order valence-corrected chi connectivity index (χ1v) is 4.96. The largest absolute Gasteiger partial charge is 0.370 e. The lowest BCUT2D eigenvalue weighted by atomic mass is 10.1. The molecule has 0 heterocycles. The van der Waals surface area contributed by atoms with Gasteiger partial charge in [-0.15, -0.1) is 0 Å². The highest BCUT2D eigenvalue weighted by Crippen LogP contribution is 2.60. The Labute approximate surface area is 75.7 Å². The second-order valence-electron chi connectivity index (χ2n) is 3.86. The summed E-state index contributed by atoms with van der Waals surface area (Å²) in [7, 11) is 0. The highest BCUT2D eigenvalue weighted by molar-refractivity contribution is 9.09. The summed E-state index contributed by atoms with van der Waals surface area (Å²) >= 11 is 3.43. The lowest BCUT2D eigenvalue weighted by Gasteiger charge is -1.98. The zero-order chi connectivity index (χ0) is 8.65. The number of rotatable bonds is 3. The van der Waals surface area contributed by atoms with Crippen molar-refractivity contribution < 1.29 is 4.79 Å². The van der Waals surface area contributed by atoms with Gasteiger partial charge in [-0.2, -0.15) is 0 Å². The Morgan fingerprint density at radius 3 is 2.36 bits per heavy atom. The van der Waals surface area contributed by atoms with Crippen molar-refractivity contribution >= 4 is 21.8 Å². The van der Waals surface area contributed by atoms with Crippen molar-refractivity contribution in [2.24, 2.45) is 23.0 Å². The molecule has 1 rings (SSSR count). The lowest BCUT2D eigenvalue weighted by molar-refractivity contribution is -0.118. The summed E-state index contributed by atoms with van der Waals surface area (Å²) in [6.07, 6.45) is 0.545. The van der Waals surface area contributed by atoms with Crippen LogP contribution >= 0.6 is 15.9 Å². The average Bonchev–Trinajstić information content (AvgIpc) is 2.33. The van der Waals surface area contributed by atoms with Crippen LogP contribution in [0.4, 0.5) is 0 Å². The summed E-state index contributed by atoms with van der Waals surface area (Å²) in [5, 5.41) is 0.984. The topological polar surface area (TPSA) is 43.1 Å². The van der Waals surface area contributed by atoms with E-state index in [1.807, 2.05) is 0 Å². The van der Waals surface area contributed by atoms with E-state index >= 15 is 0 Å². The fourth-order valence-corrected chi connectivity index (χ4v) is 3.07. The number of alkyl halides is 1. The molecule has 0 aromatic rings. The minimum absolute atomic E-state index is 0.175. The molecule has 3 heteroatoms. The number of primary amides is 1. The highest BCUT2D eigenvalue weighted by Gasteiger charge is 2.56. The molecule has 0 unspecified atom stereocenters. The van der Waals surface area contributed by atoms with E-state index in [0.29, 0.717) is 23.7 Å². The fourth-order valence-electron chi connectivity index (χ4n) is 1.79. The molecule has 0 aliphatic heterocycles. The molecule has 1 aliphatic carbocycles. The Morgan fingerprint density at radius 2 is 2.09 bits per heavy atom. The molecule has 1 fully saturated rings. The standard InChI is InChI=1S/C8H14BrNO/c1-8(2)5(3-7(10)11)6(8)4-9/h5-6H,3-4H2,1-2H3,(H2,10,11)/t5-,6+/m0/s1. The van der Waals surface area contributed by atoms with Gasteiger partial charge in [-0.25, -0.2) is 0 Å². The summed E-state index contributed by atoms with van der Waals surface area (Å²) in [4.78, 5) is 10.6. The third-order valence-corrected chi connectivity index (χ3v) is 3.57. The minimum Gasteiger partial charge on any atom is -0.370 e. The Hall–Kier alpha value is -0.0500. The maximum Gasteiger partial charge on any atom is 0.217 e. The maximum absolute atomic E-state index is 10.6. The first-order valence-electron chi connectivity index (χ1n) is 3.84. The summed E-state index contributed by atoms with van der Waals surface area (Å²) in [6.45, 7) is 4.37. The summed E-state index contributed by atoms with van der Waals surface area (Å²) < 4.78 is 0. The van der Waals surface area contributed by atoms with Crippen molar-refractivity contribution in [2.75, 3.05) is 5.33 Å². The van der Waals surface area contributed by atoms with Crippen molar-refractivity contribution in [3.8, 4) is 0 Å². The zero-order valence-corrected chi connectivity index (χ0v) is 8.52. The van der Waals surface area contributed by atoms with Gasteiger partial charge < -0.3 is 5.73 Å². The number of halogens is 1. The number of hydrogen-bond acceptors (Lipinski definition) is 1. The fraction of sp³-hybridized carbons (Fsp3) is 0.875. The van der Waals surface area contributed by atoms with Crippen LogP contribution in [-0.4, -0.2) is 11.2 Å². The van der Waals surface area contributed by atoms with E-state index in [1.165, 1.54) is 0 Å². The normalized spacial score (nSPS) is 33.4. The molecule has 2 atom stereocenters. The second-order valence-corrected chi connectivity index (χ2v) is 4.51. The Bertz CT molecular complexity index is 179. The summed E-state index contributed by atoms with van der Waals surface area (Å²) in [5.74, 6) is 0.959. The van der Waals surface area contributed by atoms with Gasteiger partial charge in [0.1, 0.15) is 0 Å². The van der Waals surface area contributed by atoms with E-state index in [0.717, 1.165) is 5.33 Å². The van der Waals surface area contributed by atoms with Crippen molar-refractivity contribution in [1.82, 2.24) is 0 Å². The van der Waals surface area contributed by atoms with Crippen molar-refractivity contribution in [3.05, 3.63) is 0 Å². The number of carbonyl (C=O) groups is 1. The molecule has 0 aromatic heterocycles. The molecular formula is C8H14BrNO. The molecule has 0 radical (unpaired) electrons. The van der Waals surface area contributed by atoms with Crippen LogP contribution in [-0.2, 0) is 4.79 Å². The predicted octanol–water partition coefficient (Wildman–Crippen LogP) is 1.53. The molecule has 1 aliphatic rings. The predicted molar refractivity (Wildman–Crippen MR) is 48.4 cm³/mol. The molecule has 11 heavy (non-hydrogen) atoms. The van der Waals surface area contributed by atoms with Crippen molar-refractivity contribution in [2.45, 2.75) is 20.3 Å². The van der Waals surface area contributed by atoms with Crippen LogP contribution in [0.5, 0.6) is 0 Å². The second kappa shape index (κ2) is 2.77. The van der Waals surface area contributed by atoms with Crippen LogP contribution in [0.3, 0.4) is 0 Å². The smallest absolute Gasteiger partial charge is 0.217 e. The molecule has 0 spiro atoms. The minimum atomic E-state index is -0.175. The van der Waals surface area contributed by atoms with E-state index < -0.39 is 0 Å². The van der Waals surface area contributed by atoms with Crippen LogP contribution in [0.25, 0.3) is 0 Å². The van der Waals surface area contributed by atoms with Crippen LogP contribution in [0, 0.1) is 17.3 Å². The monoisotopic (exact) mass is 219 g/mol. The van der Waals surface area contributed by atoms with E-state index in [4.69, 9.17) is 5.73 Å². The van der Waals surface area contributed by atoms with Gasteiger partial charge in [0.05, 0.1) is 0 Å². The molecule has 0 aromatic carbocycles. The Balaban J connectivity index is 2.46. The van der Waals surface area contributed by atoms with Crippen molar-refractivity contribution in [3.63, 3.8) is 0 Å². The first-order chi connectivity index (χ1) is 5.00. The van der Waals surface area contributed by atoms with Gasteiger partial charge in [-0.1, -0.05) is 29.8 Å². The first kappa shape index (κ1) is 9.04. The van der Waals surface area contributed by atoms with Gasteiger partial charge in [0.15, 0.2) is 0 Å². The molecule has 2 nitrogen and oxygen atoms in total. The highest BCUT2D eigenvalue weighted by atomic mass is 79.9. The molecule has 0 bridgehead atoms. The average molecular weight is 220 g/mol. The van der Waals surface area contributed by atoms with E-state index in [-0.39, 0.29) is 5.91 Å².